The molecule has 2 nitrogen and oxygen atoms in total. The van der Waals surface area contributed by atoms with E-state index >= 15 is 0 Å². The summed E-state index contributed by atoms with van der Waals surface area (Å²) in [5.41, 5.74) is 5.28. The first-order chi connectivity index (χ1) is 4.29. The first kappa shape index (κ1) is 8.43. The molecule has 1 heterocycles. The van der Waals surface area contributed by atoms with E-state index in [9.17, 15) is 0 Å². The third-order valence-electron chi connectivity index (χ3n) is 0.637. The maximum atomic E-state index is 5.28. The highest BCUT2D eigenvalue weighted by Gasteiger charge is 1.86. The molecule has 0 unspecified atom stereocenters. The van der Waals surface area contributed by atoms with Crippen LogP contribution in [0.1, 0.15) is 18.9 Å². The largest absolute Gasteiger partial charge is 0.383 e. The van der Waals surface area contributed by atoms with Crippen LogP contribution >= 0.6 is 11.3 Å². The number of thiazole rings is 1. The third-order valence-corrected chi connectivity index (χ3v) is 1.43. The van der Waals surface area contributed by atoms with Gasteiger partial charge in [0.2, 0.25) is 0 Å². The lowest BCUT2D eigenvalue weighted by Gasteiger charge is -1.72. The van der Waals surface area contributed by atoms with E-state index in [0.717, 1.165) is 5.01 Å². The molecule has 9 heavy (non-hydrogen) atoms. The number of hydrogen-bond donors (Lipinski definition) is 1. The Morgan fingerprint density at radius 1 is 1.56 bits per heavy atom. The minimum Gasteiger partial charge on any atom is -0.383 e. The van der Waals surface area contributed by atoms with Gasteiger partial charge in [-0.15, -0.1) is 11.3 Å². The fourth-order valence-electron chi connectivity index (χ4n) is 0.380. The van der Waals surface area contributed by atoms with Crippen LogP contribution in [0.3, 0.4) is 0 Å². The predicted molar refractivity (Wildman–Crippen MR) is 42.6 cm³/mol. The van der Waals surface area contributed by atoms with Crippen LogP contribution < -0.4 is 5.73 Å². The van der Waals surface area contributed by atoms with Crippen molar-refractivity contribution in [3.8, 4) is 0 Å². The summed E-state index contributed by atoms with van der Waals surface area (Å²) in [6.07, 6.45) is 0. The molecule has 0 aliphatic carbocycles. The van der Waals surface area contributed by atoms with Gasteiger partial charge < -0.3 is 5.73 Å². The Balaban J connectivity index is 0.000000291. The summed E-state index contributed by atoms with van der Waals surface area (Å²) in [4.78, 5) is 3.91. The molecule has 3 heteroatoms. The van der Waals surface area contributed by atoms with Crippen molar-refractivity contribution in [1.29, 1.82) is 0 Å². The van der Waals surface area contributed by atoms with Crippen molar-refractivity contribution in [2.45, 2.75) is 20.8 Å². The zero-order valence-electron chi connectivity index (χ0n) is 6.01. The Morgan fingerprint density at radius 3 is 2.22 bits per heavy atom. The van der Waals surface area contributed by atoms with Gasteiger partial charge in [-0.1, -0.05) is 13.8 Å². The Morgan fingerprint density at radius 2 is 2.11 bits per heavy atom. The van der Waals surface area contributed by atoms with E-state index in [4.69, 9.17) is 5.73 Å². The van der Waals surface area contributed by atoms with Crippen LogP contribution in [0, 0.1) is 6.92 Å². The van der Waals surface area contributed by atoms with E-state index in [1.807, 2.05) is 26.2 Å². The number of aromatic nitrogens is 1. The number of nitrogens with two attached hydrogens (primary N) is 1. The average molecular weight is 144 g/mol. The van der Waals surface area contributed by atoms with Crippen LogP contribution in [0.2, 0.25) is 0 Å². The second kappa shape index (κ2) is 4.32. The van der Waals surface area contributed by atoms with Gasteiger partial charge in [0.1, 0.15) is 5.82 Å². The van der Waals surface area contributed by atoms with Crippen LogP contribution in [0.5, 0.6) is 0 Å². The van der Waals surface area contributed by atoms with Crippen LogP contribution in [0.4, 0.5) is 5.82 Å². The smallest absolute Gasteiger partial charge is 0.134 e. The Labute approximate surface area is 59.7 Å². The van der Waals surface area contributed by atoms with Gasteiger partial charge in [-0.3, -0.25) is 0 Å². The highest BCUT2D eigenvalue weighted by atomic mass is 32.1. The quantitative estimate of drug-likeness (QED) is 0.605. The number of rotatable bonds is 0. The van der Waals surface area contributed by atoms with Gasteiger partial charge in [0.15, 0.2) is 0 Å². The molecule has 0 saturated carbocycles. The summed E-state index contributed by atoms with van der Waals surface area (Å²) >= 11 is 1.57. The Kier molecular flexibility index (Phi) is 4.05. The van der Waals surface area contributed by atoms with Gasteiger partial charge in [0.05, 0.1) is 5.01 Å². The molecule has 0 radical (unpaired) electrons. The van der Waals surface area contributed by atoms with Crippen LogP contribution in [-0.2, 0) is 0 Å². The molecule has 0 bridgehead atoms. The Bertz CT molecular complexity index is 143. The molecule has 1 aromatic heterocycles. The first-order valence-corrected chi connectivity index (χ1v) is 3.84. The molecule has 0 fully saturated rings. The van der Waals surface area contributed by atoms with E-state index in [1.165, 1.54) is 0 Å². The predicted octanol–water partition coefficient (Wildman–Crippen LogP) is 2.06. The summed E-state index contributed by atoms with van der Waals surface area (Å²) in [5.74, 6) is 0.627. The number of aryl methyl sites for hydroxylation is 1. The maximum Gasteiger partial charge on any atom is 0.134 e. The minimum absolute atomic E-state index is 0.627. The highest BCUT2D eigenvalue weighted by Crippen LogP contribution is 2.07. The van der Waals surface area contributed by atoms with E-state index in [0.29, 0.717) is 5.82 Å². The topological polar surface area (TPSA) is 38.9 Å². The lowest BCUT2D eigenvalue weighted by atomic mass is 10.8. The average Bonchev–Trinajstić information content (AvgIpc) is 2.20. The van der Waals surface area contributed by atoms with Crippen molar-refractivity contribution < 1.29 is 0 Å². The molecule has 0 atom stereocenters. The number of hydrogen-bond acceptors (Lipinski definition) is 3. The highest BCUT2D eigenvalue weighted by molar-refractivity contribution is 7.09. The minimum atomic E-state index is 0.627. The molecular formula is C6H12N2S. The maximum absolute atomic E-state index is 5.28. The van der Waals surface area contributed by atoms with Crippen molar-refractivity contribution in [3.05, 3.63) is 10.4 Å². The summed E-state index contributed by atoms with van der Waals surface area (Å²) in [6.45, 7) is 5.93. The number of anilines is 1. The van der Waals surface area contributed by atoms with Crippen molar-refractivity contribution in [3.63, 3.8) is 0 Å². The van der Waals surface area contributed by atoms with Crippen molar-refractivity contribution in [2.24, 2.45) is 0 Å². The SMILES string of the molecule is CC.Cc1nc(N)cs1. The molecule has 1 aromatic rings. The molecule has 52 valence electrons. The monoisotopic (exact) mass is 144 g/mol. The lowest BCUT2D eigenvalue weighted by molar-refractivity contribution is 1.31. The van der Waals surface area contributed by atoms with Gasteiger partial charge in [0.25, 0.3) is 0 Å². The van der Waals surface area contributed by atoms with Crippen molar-refractivity contribution in [2.75, 3.05) is 5.73 Å². The van der Waals surface area contributed by atoms with Gasteiger partial charge >= 0.3 is 0 Å². The van der Waals surface area contributed by atoms with Gasteiger partial charge in [-0.25, -0.2) is 4.98 Å². The first-order valence-electron chi connectivity index (χ1n) is 2.96. The summed E-state index contributed by atoms with van der Waals surface area (Å²) in [7, 11) is 0. The van der Waals surface area contributed by atoms with Crippen LogP contribution in [0.25, 0.3) is 0 Å². The van der Waals surface area contributed by atoms with E-state index in [1.54, 1.807) is 11.3 Å². The Hall–Kier alpha value is -0.570. The molecule has 1 rings (SSSR count). The van der Waals surface area contributed by atoms with E-state index < -0.39 is 0 Å². The van der Waals surface area contributed by atoms with Gasteiger partial charge in [0, 0.05) is 5.38 Å². The molecule has 0 aliphatic rings. The lowest BCUT2D eigenvalue weighted by Crippen LogP contribution is -1.81. The molecule has 0 amide bonds. The molecule has 0 aliphatic heterocycles. The normalized spacial score (nSPS) is 7.89. The fraction of sp³-hybridized carbons (Fsp3) is 0.500. The molecule has 0 aromatic carbocycles. The van der Waals surface area contributed by atoms with E-state index in [-0.39, 0.29) is 0 Å². The summed E-state index contributed by atoms with van der Waals surface area (Å²) in [6, 6.07) is 0. The summed E-state index contributed by atoms with van der Waals surface area (Å²) in [5, 5.41) is 2.85. The zero-order valence-corrected chi connectivity index (χ0v) is 6.83. The van der Waals surface area contributed by atoms with Gasteiger partial charge in [-0.2, -0.15) is 0 Å². The summed E-state index contributed by atoms with van der Waals surface area (Å²) < 4.78 is 0. The zero-order chi connectivity index (χ0) is 7.28. The van der Waals surface area contributed by atoms with Crippen LogP contribution in [0.15, 0.2) is 5.38 Å². The number of nitrogen functional groups attached to an aromatic ring is 1. The molecule has 2 N–H and O–H groups in total. The molecular weight excluding hydrogens is 132 g/mol. The standard InChI is InChI=1S/C4H6N2S.C2H6/c1-3-6-4(5)2-7-3;1-2/h2H,5H2,1H3;1-2H3. The van der Waals surface area contributed by atoms with Crippen LogP contribution in [-0.4, -0.2) is 4.98 Å². The third kappa shape index (κ3) is 3.08. The second-order valence-corrected chi connectivity index (χ2v) is 2.35. The van der Waals surface area contributed by atoms with E-state index in [2.05, 4.69) is 4.98 Å². The second-order valence-electron chi connectivity index (χ2n) is 1.29. The number of nitrogens with zero attached hydrogens (tertiary/aromatic N) is 1. The molecule has 0 saturated heterocycles. The fourth-order valence-corrected chi connectivity index (χ4v) is 0.882. The van der Waals surface area contributed by atoms with Crippen molar-refractivity contribution >= 4 is 17.2 Å². The van der Waals surface area contributed by atoms with Crippen molar-refractivity contribution in [1.82, 2.24) is 4.98 Å². The molecule has 0 spiro atoms. The van der Waals surface area contributed by atoms with Gasteiger partial charge in [-0.05, 0) is 6.92 Å².